The van der Waals surface area contributed by atoms with Gasteiger partial charge in [0, 0.05) is 5.02 Å². The van der Waals surface area contributed by atoms with Crippen molar-refractivity contribution in [2.45, 2.75) is 0 Å². The van der Waals surface area contributed by atoms with Crippen molar-refractivity contribution >= 4 is 47.3 Å². The fourth-order valence-corrected chi connectivity index (χ4v) is 7.88. The lowest BCUT2D eigenvalue weighted by atomic mass is 10.3. The number of hydrogen-bond donors (Lipinski definition) is 0. The molecule has 0 aromatic heterocycles. The minimum atomic E-state index is -6.00. The van der Waals surface area contributed by atoms with Gasteiger partial charge in [0.25, 0.3) is 0 Å². The highest BCUT2D eigenvalue weighted by Crippen LogP contribution is 2.54. The lowest BCUT2D eigenvalue weighted by molar-refractivity contribution is 0.368. The van der Waals surface area contributed by atoms with Crippen LogP contribution in [0.5, 0.6) is 0 Å². The van der Waals surface area contributed by atoms with E-state index in [4.69, 9.17) is 11.6 Å². The maximum absolute atomic E-state index is 9.75. The van der Waals surface area contributed by atoms with Crippen LogP contribution in [0, 0.1) is 0 Å². The normalized spacial score (nSPS) is 11.4. The first kappa shape index (κ1) is 23.1. The molecule has 0 bridgehead atoms. The summed E-state index contributed by atoms with van der Waals surface area (Å²) >= 11 is 6.21. The molecule has 31 heavy (non-hydrogen) atoms. The molecule has 158 valence electrons. The molecule has 0 nitrogen and oxygen atoms in total. The maximum Gasteiger partial charge on any atom is 1.00 e. The molecule has 0 N–H and O–H groups in total. The highest BCUT2D eigenvalue weighted by atomic mass is 35.5. The molecule has 4 rings (SSSR count). The molecule has 0 atom stereocenters. The van der Waals surface area contributed by atoms with Crippen molar-refractivity contribution < 1.29 is 18.7 Å². The Bertz CT molecular complexity index is 977. The Morgan fingerprint density at radius 2 is 0.742 bits per heavy atom. The van der Waals surface area contributed by atoms with Crippen molar-refractivity contribution in [3.05, 3.63) is 120 Å². The van der Waals surface area contributed by atoms with E-state index in [0.29, 0.717) is 0 Å². The van der Waals surface area contributed by atoms with Crippen LogP contribution in [0.1, 0.15) is 1.43 Å². The van der Waals surface area contributed by atoms with E-state index < -0.39 is 14.5 Å². The van der Waals surface area contributed by atoms with E-state index in [9.17, 15) is 17.3 Å². The Hall–Kier alpha value is -2.62. The van der Waals surface area contributed by atoms with Gasteiger partial charge in [-0.3, -0.25) is 0 Å². The van der Waals surface area contributed by atoms with Crippen LogP contribution in [0.4, 0.5) is 17.3 Å². The SMILES string of the molecule is Clc1ccc([P+](c2ccccc2)(c2ccccc2)c2ccccc2)cc1.F[B-](F)(F)F.[H+]. The van der Waals surface area contributed by atoms with Crippen LogP contribution in [0.15, 0.2) is 115 Å². The molecule has 0 fully saturated rings. The molecule has 4 aromatic carbocycles. The molecule has 7 heteroatoms. The van der Waals surface area contributed by atoms with Gasteiger partial charge < -0.3 is 17.3 Å². The molecule has 0 aliphatic rings. The third-order valence-electron chi connectivity index (χ3n) is 4.64. The fourth-order valence-electron chi connectivity index (χ4n) is 3.51. The highest BCUT2D eigenvalue weighted by molar-refractivity contribution is 8.01. The third kappa shape index (κ3) is 5.75. The van der Waals surface area contributed by atoms with E-state index >= 15 is 0 Å². The van der Waals surface area contributed by atoms with Crippen molar-refractivity contribution in [3.8, 4) is 0 Å². The average molecular weight is 462 g/mol. The van der Waals surface area contributed by atoms with Crippen molar-refractivity contribution in [2.75, 3.05) is 0 Å². The maximum atomic E-state index is 9.75. The number of rotatable bonds is 4. The summed E-state index contributed by atoms with van der Waals surface area (Å²) in [5.41, 5.74) is 0. The van der Waals surface area contributed by atoms with Crippen LogP contribution in [0.25, 0.3) is 0 Å². The highest BCUT2D eigenvalue weighted by Gasteiger charge is 2.47. The van der Waals surface area contributed by atoms with Gasteiger partial charge in [0.2, 0.25) is 0 Å². The van der Waals surface area contributed by atoms with Gasteiger partial charge in [0.15, 0.2) is 0 Å². The molecule has 0 saturated carbocycles. The predicted molar refractivity (Wildman–Crippen MR) is 128 cm³/mol. The first-order chi connectivity index (χ1) is 14.8. The molecule has 0 heterocycles. The summed E-state index contributed by atoms with van der Waals surface area (Å²) in [6, 6.07) is 40.9. The first-order valence-corrected chi connectivity index (χ1v) is 11.7. The van der Waals surface area contributed by atoms with E-state index in [-0.39, 0.29) is 1.43 Å². The standard InChI is InChI=1S/C24H19ClP.BF4/c25-20-16-18-24(19-17-20)26(21-10-4-1-5-11-21,22-12-6-2-7-13-22)23-14-8-3-9-15-23;2-1(3,4)5/h1-19H;/q+1;-1/p+1. The zero-order valence-corrected chi connectivity index (χ0v) is 18.0. The Labute approximate surface area is 186 Å². The zero-order valence-electron chi connectivity index (χ0n) is 17.4. The lowest BCUT2D eigenvalue weighted by Gasteiger charge is -2.27. The van der Waals surface area contributed by atoms with Gasteiger partial charge in [0.05, 0.1) is 0 Å². The van der Waals surface area contributed by atoms with Crippen molar-refractivity contribution in [3.63, 3.8) is 0 Å². The van der Waals surface area contributed by atoms with E-state index in [1.807, 2.05) is 12.1 Å². The van der Waals surface area contributed by atoms with Gasteiger partial charge in [0.1, 0.15) is 28.5 Å². The zero-order chi connectivity index (χ0) is 22.3. The molecular weight excluding hydrogens is 441 g/mol. The molecule has 0 spiro atoms. The van der Waals surface area contributed by atoms with Gasteiger partial charge in [-0.1, -0.05) is 66.2 Å². The Morgan fingerprint density at radius 3 is 1.03 bits per heavy atom. The molecule has 0 radical (unpaired) electrons. The molecule has 0 saturated heterocycles. The summed E-state index contributed by atoms with van der Waals surface area (Å²) in [6.45, 7) is 0. The van der Waals surface area contributed by atoms with Crippen molar-refractivity contribution in [2.24, 2.45) is 0 Å². The minimum Gasteiger partial charge on any atom is -0.418 e. The Morgan fingerprint density at radius 1 is 0.484 bits per heavy atom. The molecule has 4 aromatic rings. The van der Waals surface area contributed by atoms with Crippen LogP contribution in [0.3, 0.4) is 0 Å². The molecule has 0 aliphatic carbocycles. The van der Waals surface area contributed by atoms with E-state index in [0.717, 1.165) is 5.02 Å². The van der Waals surface area contributed by atoms with Crippen molar-refractivity contribution in [1.82, 2.24) is 0 Å². The second-order valence-corrected chi connectivity index (χ2v) is 10.5. The van der Waals surface area contributed by atoms with Gasteiger partial charge in [-0.15, -0.1) is 0 Å². The first-order valence-electron chi connectivity index (χ1n) is 9.51. The van der Waals surface area contributed by atoms with Gasteiger partial charge in [-0.2, -0.15) is 0 Å². The second-order valence-electron chi connectivity index (χ2n) is 6.65. The quantitative estimate of drug-likeness (QED) is 0.188. The van der Waals surface area contributed by atoms with E-state index in [1.54, 1.807) is 0 Å². The smallest absolute Gasteiger partial charge is 0.418 e. The molecule has 0 aliphatic heterocycles. The van der Waals surface area contributed by atoms with Crippen LogP contribution in [-0.2, 0) is 0 Å². The summed E-state index contributed by atoms with van der Waals surface area (Å²) in [6.07, 6.45) is 0. The monoisotopic (exact) mass is 461 g/mol. The molecule has 0 unspecified atom stereocenters. The minimum absolute atomic E-state index is 0. The summed E-state index contributed by atoms with van der Waals surface area (Å²) in [4.78, 5) is 0. The fraction of sp³-hybridized carbons (Fsp3) is 0. The third-order valence-corrected chi connectivity index (χ3v) is 9.19. The largest absolute Gasteiger partial charge is 1.00 e. The summed E-state index contributed by atoms with van der Waals surface area (Å²) in [5, 5.41) is 6.12. The summed E-state index contributed by atoms with van der Waals surface area (Å²) in [5.74, 6) is 0. The summed E-state index contributed by atoms with van der Waals surface area (Å²) < 4.78 is 39.0. The number of benzene rings is 4. The Balaban J connectivity index is 0.000000548. The van der Waals surface area contributed by atoms with Gasteiger partial charge >= 0.3 is 8.68 Å². The second kappa shape index (κ2) is 10.1. The number of halogens is 5. The van der Waals surface area contributed by atoms with Crippen molar-refractivity contribution in [1.29, 1.82) is 0 Å². The summed E-state index contributed by atoms with van der Waals surface area (Å²) in [7, 11) is -7.98. The lowest BCUT2D eigenvalue weighted by Crippen LogP contribution is -2.38. The van der Waals surface area contributed by atoms with Crippen LogP contribution < -0.4 is 21.2 Å². The van der Waals surface area contributed by atoms with Gasteiger partial charge in [-0.05, 0) is 60.7 Å². The van der Waals surface area contributed by atoms with E-state index in [1.165, 1.54) is 21.2 Å². The van der Waals surface area contributed by atoms with Gasteiger partial charge in [-0.25, -0.2) is 0 Å². The Kier molecular flexibility index (Phi) is 7.53. The van der Waals surface area contributed by atoms with Crippen LogP contribution in [-0.4, -0.2) is 7.25 Å². The predicted octanol–water partition coefficient (Wildman–Crippen LogP) is 6.37. The molecular formula is C24H20BClF4P+. The van der Waals surface area contributed by atoms with E-state index in [2.05, 4.69) is 103 Å². The van der Waals surface area contributed by atoms with Crippen LogP contribution in [0.2, 0.25) is 5.02 Å². The number of hydrogen-bond acceptors (Lipinski definition) is 0. The topological polar surface area (TPSA) is 0 Å². The van der Waals surface area contributed by atoms with Crippen LogP contribution >= 0.6 is 18.9 Å². The average Bonchev–Trinajstić information content (AvgIpc) is 2.77. The molecule has 0 amide bonds.